The summed E-state index contributed by atoms with van der Waals surface area (Å²) in [6, 6.07) is 0. The summed E-state index contributed by atoms with van der Waals surface area (Å²) in [7, 11) is 0. The minimum absolute atomic E-state index is 0.122. The first kappa shape index (κ1) is 12.5. The van der Waals surface area contributed by atoms with E-state index in [0.717, 1.165) is 0 Å². The molecule has 0 saturated carbocycles. The first-order chi connectivity index (χ1) is 8.74. The first-order valence-electron chi connectivity index (χ1n) is 5.66. The number of nitrogens with zero attached hydrogens (tertiary/aromatic N) is 3. The van der Waals surface area contributed by atoms with E-state index in [4.69, 9.17) is 15.3 Å². The summed E-state index contributed by atoms with van der Waals surface area (Å²) in [5.74, 6) is 5.99. The molecule has 2 aromatic heterocycles. The number of aromatic amines is 1. The van der Waals surface area contributed by atoms with Gasteiger partial charge in [0, 0.05) is 6.61 Å². The molecule has 1 atom stereocenters. The molecule has 18 heavy (non-hydrogen) atoms. The summed E-state index contributed by atoms with van der Waals surface area (Å²) in [5, 5.41) is 7.35. The van der Waals surface area contributed by atoms with Gasteiger partial charge in [0.05, 0.1) is 12.8 Å². The quantitative estimate of drug-likeness (QED) is 0.505. The highest BCUT2D eigenvalue weighted by atomic mass is 16.5. The Morgan fingerprint density at radius 1 is 1.50 bits per heavy atom. The number of rotatable bonds is 6. The number of aromatic nitrogens is 4. The Labute approximate surface area is 104 Å². The molecule has 2 rings (SSSR count). The third kappa shape index (κ3) is 2.66. The van der Waals surface area contributed by atoms with Gasteiger partial charge in [0.25, 0.3) is 0 Å². The van der Waals surface area contributed by atoms with Crippen LogP contribution in [0.5, 0.6) is 5.88 Å². The molecule has 1 unspecified atom stereocenters. The Morgan fingerprint density at radius 2 is 2.33 bits per heavy atom. The standard InChI is InChI=1S/C10H16N6O2/c1-3-17-5-6(2)18-9-7-4-12-16-8(7)13-10(14-9)15-11/h4,6H,3,5,11H2,1-2H3,(H2,12,13,14,15,16). The fourth-order valence-electron chi connectivity index (χ4n) is 1.47. The van der Waals surface area contributed by atoms with Crippen molar-refractivity contribution in [2.24, 2.45) is 5.84 Å². The van der Waals surface area contributed by atoms with E-state index in [1.807, 2.05) is 13.8 Å². The topological polar surface area (TPSA) is 111 Å². The van der Waals surface area contributed by atoms with Gasteiger partial charge >= 0.3 is 0 Å². The lowest BCUT2D eigenvalue weighted by atomic mass is 10.4. The highest BCUT2D eigenvalue weighted by Crippen LogP contribution is 2.22. The zero-order chi connectivity index (χ0) is 13.0. The first-order valence-corrected chi connectivity index (χ1v) is 5.66. The van der Waals surface area contributed by atoms with Crippen LogP contribution in [0, 0.1) is 0 Å². The minimum atomic E-state index is -0.122. The molecule has 0 aliphatic rings. The number of anilines is 1. The maximum absolute atomic E-state index is 5.70. The molecule has 0 aliphatic carbocycles. The Hall–Kier alpha value is -1.93. The maximum atomic E-state index is 5.70. The van der Waals surface area contributed by atoms with Crippen molar-refractivity contribution in [2.75, 3.05) is 18.6 Å². The highest BCUT2D eigenvalue weighted by Gasteiger charge is 2.13. The molecule has 2 heterocycles. The second-order valence-corrected chi connectivity index (χ2v) is 3.72. The molecule has 0 saturated heterocycles. The van der Waals surface area contributed by atoms with Crippen LogP contribution >= 0.6 is 0 Å². The van der Waals surface area contributed by atoms with Crippen molar-refractivity contribution in [1.29, 1.82) is 0 Å². The van der Waals surface area contributed by atoms with Gasteiger partial charge in [-0.05, 0) is 13.8 Å². The number of nitrogen functional groups attached to an aromatic ring is 1. The average Bonchev–Trinajstić information content (AvgIpc) is 2.84. The molecule has 4 N–H and O–H groups in total. The van der Waals surface area contributed by atoms with Gasteiger partial charge < -0.3 is 9.47 Å². The maximum Gasteiger partial charge on any atom is 0.242 e. The molecule has 0 spiro atoms. The molecule has 0 amide bonds. The van der Waals surface area contributed by atoms with E-state index in [1.54, 1.807) is 6.20 Å². The monoisotopic (exact) mass is 252 g/mol. The van der Waals surface area contributed by atoms with Crippen molar-refractivity contribution >= 4 is 17.0 Å². The van der Waals surface area contributed by atoms with Crippen LogP contribution in [0.3, 0.4) is 0 Å². The van der Waals surface area contributed by atoms with Crippen LogP contribution < -0.4 is 16.0 Å². The SMILES string of the molecule is CCOCC(C)Oc1nc(NN)nc2[nH]ncc12. The summed E-state index contributed by atoms with van der Waals surface area (Å²) < 4.78 is 11.0. The Kier molecular flexibility index (Phi) is 3.90. The van der Waals surface area contributed by atoms with E-state index in [0.29, 0.717) is 30.1 Å². The lowest BCUT2D eigenvalue weighted by Crippen LogP contribution is -2.20. The van der Waals surface area contributed by atoms with Crippen LogP contribution in [0.15, 0.2) is 6.20 Å². The lowest BCUT2D eigenvalue weighted by molar-refractivity contribution is 0.0642. The number of fused-ring (bicyclic) bond motifs is 1. The van der Waals surface area contributed by atoms with Crippen LogP contribution in [0.4, 0.5) is 5.95 Å². The van der Waals surface area contributed by atoms with Crippen molar-refractivity contribution in [3.8, 4) is 5.88 Å². The van der Waals surface area contributed by atoms with E-state index >= 15 is 0 Å². The van der Waals surface area contributed by atoms with Gasteiger partial charge in [0.1, 0.15) is 11.5 Å². The largest absolute Gasteiger partial charge is 0.472 e. The van der Waals surface area contributed by atoms with Gasteiger partial charge in [0.2, 0.25) is 11.8 Å². The number of H-pyrrole nitrogens is 1. The smallest absolute Gasteiger partial charge is 0.242 e. The molecule has 8 nitrogen and oxygen atoms in total. The van der Waals surface area contributed by atoms with Crippen LogP contribution in [0.25, 0.3) is 11.0 Å². The Balaban J connectivity index is 2.22. The zero-order valence-corrected chi connectivity index (χ0v) is 10.3. The molecule has 0 fully saturated rings. The highest BCUT2D eigenvalue weighted by molar-refractivity contribution is 5.80. The molecule has 2 aromatic rings. The van der Waals surface area contributed by atoms with E-state index in [-0.39, 0.29) is 12.1 Å². The van der Waals surface area contributed by atoms with Crippen LogP contribution in [-0.4, -0.2) is 39.5 Å². The summed E-state index contributed by atoms with van der Waals surface area (Å²) in [5.41, 5.74) is 2.95. The predicted molar refractivity (Wildman–Crippen MR) is 66.1 cm³/mol. The minimum Gasteiger partial charge on any atom is -0.472 e. The van der Waals surface area contributed by atoms with Crippen LogP contribution in [0.1, 0.15) is 13.8 Å². The van der Waals surface area contributed by atoms with Gasteiger partial charge in [-0.15, -0.1) is 0 Å². The lowest BCUT2D eigenvalue weighted by Gasteiger charge is -2.14. The second-order valence-electron chi connectivity index (χ2n) is 3.72. The van der Waals surface area contributed by atoms with Crippen molar-refractivity contribution in [3.05, 3.63) is 6.20 Å². The Bertz CT molecular complexity index is 514. The summed E-state index contributed by atoms with van der Waals surface area (Å²) in [6.45, 7) is 4.97. The molecular formula is C10H16N6O2. The molecule has 0 aromatic carbocycles. The fraction of sp³-hybridized carbons (Fsp3) is 0.500. The van der Waals surface area contributed by atoms with Gasteiger partial charge in [-0.2, -0.15) is 15.1 Å². The van der Waals surface area contributed by atoms with Crippen molar-refractivity contribution < 1.29 is 9.47 Å². The van der Waals surface area contributed by atoms with E-state index in [9.17, 15) is 0 Å². The molecule has 98 valence electrons. The predicted octanol–water partition coefficient (Wildman–Crippen LogP) is 0.442. The van der Waals surface area contributed by atoms with E-state index < -0.39 is 0 Å². The summed E-state index contributed by atoms with van der Waals surface area (Å²) in [6.07, 6.45) is 1.49. The van der Waals surface area contributed by atoms with E-state index in [1.165, 1.54) is 0 Å². The average molecular weight is 252 g/mol. The van der Waals surface area contributed by atoms with Gasteiger partial charge in [0.15, 0.2) is 5.65 Å². The van der Waals surface area contributed by atoms with E-state index in [2.05, 4.69) is 25.6 Å². The molecular weight excluding hydrogens is 236 g/mol. The number of hydrazine groups is 1. The summed E-state index contributed by atoms with van der Waals surface area (Å²) >= 11 is 0. The number of hydrogen-bond acceptors (Lipinski definition) is 7. The van der Waals surface area contributed by atoms with Gasteiger partial charge in [-0.1, -0.05) is 0 Å². The summed E-state index contributed by atoms with van der Waals surface area (Å²) in [4.78, 5) is 8.26. The van der Waals surface area contributed by atoms with Gasteiger partial charge in [-0.25, -0.2) is 5.84 Å². The molecule has 0 aliphatic heterocycles. The third-order valence-electron chi connectivity index (χ3n) is 2.27. The normalized spacial score (nSPS) is 12.6. The van der Waals surface area contributed by atoms with Crippen molar-refractivity contribution in [3.63, 3.8) is 0 Å². The van der Waals surface area contributed by atoms with Crippen molar-refractivity contribution in [2.45, 2.75) is 20.0 Å². The number of hydrogen-bond donors (Lipinski definition) is 3. The third-order valence-corrected chi connectivity index (χ3v) is 2.27. The zero-order valence-electron chi connectivity index (χ0n) is 10.3. The number of nitrogens with one attached hydrogen (secondary N) is 2. The number of nitrogens with two attached hydrogens (primary N) is 1. The molecule has 0 bridgehead atoms. The van der Waals surface area contributed by atoms with Crippen LogP contribution in [-0.2, 0) is 4.74 Å². The van der Waals surface area contributed by atoms with Gasteiger partial charge in [-0.3, -0.25) is 10.5 Å². The van der Waals surface area contributed by atoms with Crippen molar-refractivity contribution in [1.82, 2.24) is 20.2 Å². The molecule has 8 heteroatoms. The molecule has 0 radical (unpaired) electrons. The van der Waals surface area contributed by atoms with Crippen LogP contribution in [0.2, 0.25) is 0 Å². The fourth-order valence-corrected chi connectivity index (χ4v) is 1.47. The Morgan fingerprint density at radius 3 is 3.06 bits per heavy atom. The number of ether oxygens (including phenoxy) is 2. The second kappa shape index (κ2) is 5.61.